The highest BCUT2D eigenvalue weighted by Gasteiger charge is 2.35. The average molecular weight is 236 g/mol. The maximum Gasteiger partial charge on any atom is 0.242 e. The fourth-order valence-electron chi connectivity index (χ4n) is 2.01. The molecule has 0 bridgehead atoms. The number of nitrogens with one attached hydrogen (secondary N) is 1. The van der Waals surface area contributed by atoms with Gasteiger partial charge in [0.15, 0.2) is 0 Å². The van der Waals surface area contributed by atoms with Gasteiger partial charge in [0.25, 0.3) is 0 Å². The second kappa shape index (κ2) is 5.68. The Morgan fingerprint density at radius 2 is 1.94 bits per heavy atom. The second-order valence-corrected chi connectivity index (χ2v) is 3.88. The fraction of sp³-hybridized carbons (Fsp3) is 0.462. The van der Waals surface area contributed by atoms with Crippen molar-refractivity contribution in [3.05, 3.63) is 29.8 Å². The SMILES string of the molecule is CCNC(CC)(C(N)=O)c1ccc(OC)cc1. The summed E-state index contributed by atoms with van der Waals surface area (Å²) >= 11 is 0. The largest absolute Gasteiger partial charge is 0.497 e. The number of ether oxygens (including phenoxy) is 1. The number of likely N-dealkylation sites (N-methyl/N-ethyl adjacent to an activating group) is 1. The monoisotopic (exact) mass is 236 g/mol. The van der Waals surface area contributed by atoms with Crippen LogP contribution in [0.25, 0.3) is 0 Å². The highest BCUT2D eigenvalue weighted by Crippen LogP contribution is 2.26. The van der Waals surface area contributed by atoms with Crippen LogP contribution in [0.3, 0.4) is 0 Å². The predicted octanol–water partition coefficient (Wildman–Crippen LogP) is 1.40. The van der Waals surface area contributed by atoms with Gasteiger partial charge in [0.2, 0.25) is 5.91 Å². The van der Waals surface area contributed by atoms with Crippen LogP contribution in [0.5, 0.6) is 5.75 Å². The summed E-state index contributed by atoms with van der Waals surface area (Å²) in [7, 11) is 1.61. The fourth-order valence-corrected chi connectivity index (χ4v) is 2.01. The molecule has 1 rings (SSSR count). The van der Waals surface area contributed by atoms with Gasteiger partial charge in [-0.05, 0) is 30.7 Å². The summed E-state index contributed by atoms with van der Waals surface area (Å²) < 4.78 is 5.10. The molecule has 1 unspecified atom stereocenters. The molecule has 94 valence electrons. The van der Waals surface area contributed by atoms with Crippen molar-refractivity contribution in [1.82, 2.24) is 5.32 Å². The van der Waals surface area contributed by atoms with E-state index in [9.17, 15) is 4.79 Å². The van der Waals surface area contributed by atoms with Gasteiger partial charge in [-0.15, -0.1) is 0 Å². The van der Waals surface area contributed by atoms with Crippen LogP contribution in [-0.2, 0) is 10.3 Å². The maximum atomic E-state index is 11.7. The Morgan fingerprint density at radius 3 is 2.29 bits per heavy atom. The van der Waals surface area contributed by atoms with Gasteiger partial charge in [-0.1, -0.05) is 26.0 Å². The average Bonchev–Trinajstić information content (AvgIpc) is 2.36. The van der Waals surface area contributed by atoms with Crippen molar-refractivity contribution in [3.8, 4) is 5.75 Å². The molecule has 4 heteroatoms. The quantitative estimate of drug-likeness (QED) is 0.784. The molecule has 17 heavy (non-hydrogen) atoms. The smallest absolute Gasteiger partial charge is 0.242 e. The van der Waals surface area contributed by atoms with Gasteiger partial charge in [0.05, 0.1) is 7.11 Å². The van der Waals surface area contributed by atoms with E-state index in [1.54, 1.807) is 7.11 Å². The maximum absolute atomic E-state index is 11.7. The molecule has 4 nitrogen and oxygen atoms in total. The molecular weight excluding hydrogens is 216 g/mol. The predicted molar refractivity (Wildman–Crippen MR) is 67.8 cm³/mol. The van der Waals surface area contributed by atoms with Crippen LogP contribution >= 0.6 is 0 Å². The van der Waals surface area contributed by atoms with E-state index in [1.165, 1.54) is 0 Å². The molecule has 0 fully saturated rings. The number of nitrogens with two attached hydrogens (primary N) is 1. The molecule has 0 heterocycles. The lowest BCUT2D eigenvalue weighted by atomic mass is 9.86. The number of rotatable bonds is 6. The zero-order valence-corrected chi connectivity index (χ0v) is 10.6. The van der Waals surface area contributed by atoms with E-state index < -0.39 is 5.54 Å². The molecular formula is C13H20N2O2. The Balaban J connectivity index is 3.15. The summed E-state index contributed by atoms with van der Waals surface area (Å²) in [5.74, 6) is 0.409. The molecule has 1 aromatic rings. The summed E-state index contributed by atoms with van der Waals surface area (Å²) in [5.41, 5.74) is 5.62. The van der Waals surface area contributed by atoms with Gasteiger partial charge in [-0.3, -0.25) is 10.1 Å². The van der Waals surface area contributed by atoms with Crippen molar-refractivity contribution in [3.63, 3.8) is 0 Å². The zero-order chi connectivity index (χ0) is 12.9. The highest BCUT2D eigenvalue weighted by molar-refractivity contribution is 5.86. The normalized spacial score (nSPS) is 14.1. The van der Waals surface area contributed by atoms with Crippen molar-refractivity contribution < 1.29 is 9.53 Å². The first-order valence-electron chi connectivity index (χ1n) is 5.80. The molecule has 0 radical (unpaired) electrons. The Morgan fingerprint density at radius 1 is 1.35 bits per heavy atom. The van der Waals surface area contributed by atoms with Crippen molar-refractivity contribution in [1.29, 1.82) is 0 Å². The first-order chi connectivity index (χ1) is 8.10. The molecule has 0 aliphatic heterocycles. The van der Waals surface area contributed by atoms with Crippen LogP contribution in [0.2, 0.25) is 0 Å². The first-order valence-corrected chi connectivity index (χ1v) is 5.80. The molecule has 0 aliphatic rings. The molecule has 1 aromatic carbocycles. The van der Waals surface area contributed by atoms with E-state index in [1.807, 2.05) is 38.1 Å². The van der Waals surface area contributed by atoms with Gasteiger partial charge in [-0.25, -0.2) is 0 Å². The molecule has 1 atom stereocenters. The van der Waals surface area contributed by atoms with Crippen molar-refractivity contribution in [2.45, 2.75) is 25.8 Å². The second-order valence-electron chi connectivity index (χ2n) is 3.88. The van der Waals surface area contributed by atoms with Crippen LogP contribution in [0.15, 0.2) is 24.3 Å². The van der Waals surface area contributed by atoms with E-state index in [0.717, 1.165) is 11.3 Å². The van der Waals surface area contributed by atoms with E-state index in [-0.39, 0.29) is 5.91 Å². The van der Waals surface area contributed by atoms with E-state index in [2.05, 4.69) is 5.32 Å². The Hall–Kier alpha value is -1.55. The van der Waals surface area contributed by atoms with Gasteiger partial charge in [-0.2, -0.15) is 0 Å². The molecule has 3 N–H and O–H groups in total. The van der Waals surface area contributed by atoms with Gasteiger partial charge in [0.1, 0.15) is 11.3 Å². The molecule has 0 saturated carbocycles. The van der Waals surface area contributed by atoms with E-state index in [4.69, 9.17) is 10.5 Å². The van der Waals surface area contributed by atoms with E-state index in [0.29, 0.717) is 13.0 Å². The molecule has 0 saturated heterocycles. The van der Waals surface area contributed by atoms with Crippen LogP contribution < -0.4 is 15.8 Å². The molecule has 0 aliphatic carbocycles. The van der Waals surface area contributed by atoms with Crippen molar-refractivity contribution in [2.24, 2.45) is 5.73 Å². The minimum atomic E-state index is -0.791. The van der Waals surface area contributed by atoms with Gasteiger partial charge in [0, 0.05) is 0 Å². The zero-order valence-electron chi connectivity index (χ0n) is 10.6. The number of hydrogen-bond acceptors (Lipinski definition) is 3. The summed E-state index contributed by atoms with van der Waals surface area (Å²) in [6.45, 7) is 4.58. The van der Waals surface area contributed by atoms with Crippen molar-refractivity contribution in [2.75, 3.05) is 13.7 Å². The third-order valence-corrected chi connectivity index (χ3v) is 3.01. The number of methoxy groups -OCH3 is 1. The number of carbonyl (C=O) groups is 1. The third-order valence-electron chi connectivity index (χ3n) is 3.01. The molecule has 0 aromatic heterocycles. The number of hydrogen-bond donors (Lipinski definition) is 2. The minimum absolute atomic E-state index is 0.355. The van der Waals surface area contributed by atoms with Crippen LogP contribution in [-0.4, -0.2) is 19.6 Å². The number of amides is 1. The van der Waals surface area contributed by atoms with Gasteiger partial charge >= 0.3 is 0 Å². The summed E-state index contributed by atoms with van der Waals surface area (Å²) in [6, 6.07) is 7.41. The Bertz CT molecular complexity index is 376. The minimum Gasteiger partial charge on any atom is -0.497 e. The lowest BCUT2D eigenvalue weighted by molar-refractivity contribution is -0.125. The third kappa shape index (κ3) is 2.58. The Kier molecular flexibility index (Phi) is 4.52. The van der Waals surface area contributed by atoms with Crippen LogP contribution in [0.4, 0.5) is 0 Å². The summed E-state index contributed by atoms with van der Waals surface area (Å²) in [4.78, 5) is 11.7. The van der Waals surface area contributed by atoms with Crippen molar-refractivity contribution >= 4 is 5.91 Å². The number of benzene rings is 1. The first kappa shape index (κ1) is 13.5. The topological polar surface area (TPSA) is 64.3 Å². The number of primary amides is 1. The highest BCUT2D eigenvalue weighted by atomic mass is 16.5. The summed E-state index contributed by atoms with van der Waals surface area (Å²) in [6.07, 6.45) is 0.614. The van der Waals surface area contributed by atoms with Crippen LogP contribution in [0.1, 0.15) is 25.8 Å². The standard InChI is InChI=1S/C13H20N2O2/c1-4-13(12(14)16,15-5-2)10-6-8-11(17-3)9-7-10/h6-9,15H,4-5H2,1-3H3,(H2,14,16). The summed E-state index contributed by atoms with van der Waals surface area (Å²) in [5, 5.41) is 3.18. The van der Waals surface area contributed by atoms with Gasteiger partial charge < -0.3 is 10.5 Å². The molecule has 1 amide bonds. The molecule has 0 spiro atoms. The number of carbonyl (C=O) groups excluding carboxylic acids is 1. The van der Waals surface area contributed by atoms with E-state index >= 15 is 0 Å². The lowest BCUT2D eigenvalue weighted by Crippen LogP contribution is -2.52. The lowest BCUT2D eigenvalue weighted by Gasteiger charge is -2.31. The Labute approximate surface area is 102 Å². The van der Waals surface area contributed by atoms with Crippen LogP contribution in [0, 0.1) is 0 Å².